The fourth-order valence-electron chi connectivity index (χ4n) is 6.46. The molecule has 0 spiro atoms. The van der Waals surface area contributed by atoms with E-state index in [1.807, 2.05) is 21.1 Å². The van der Waals surface area contributed by atoms with Gasteiger partial charge in [0.15, 0.2) is 0 Å². The second kappa shape index (κ2) is 44.5. The van der Waals surface area contributed by atoms with Crippen molar-refractivity contribution < 1.29 is 37.3 Å². The molecule has 9 heteroatoms. The van der Waals surface area contributed by atoms with Crippen molar-refractivity contribution in [3.05, 3.63) is 72.9 Å². The maximum atomic E-state index is 12.7. The van der Waals surface area contributed by atoms with Gasteiger partial charge in [0.25, 0.3) is 7.82 Å². The molecule has 354 valence electrons. The number of ether oxygens (including phenoxy) is 2. The molecule has 0 amide bonds. The molecule has 0 aromatic carbocycles. The van der Waals surface area contributed by atoms with Gasteiger partial charge in [-0.05, 0) is 77.0 Å². The molecular formula is C52H94NO7P. The smallest absolute Gasteiger partial charge is 0.306 e. The molecule has 0 aliphatic carbocycles. The summed E-state index contributed by atoms with van der Waals surface area (Å²) in [4.78, 5) is 25.1. The summed E-state index contributed by atoms with van der Waals surface area (Å²) in [6, 6.07) is 0. The summed E-state index contributed by atoms with van der Waals surface area (Å²) in [5.41, 5.74) is 0. The molecule has 61 heavy (non-hydrogen) atoms. The number of carbonyl (C=O) groups excluding carboxylic acids is 1. The van der Waals surface area contributed by atoms with Crippen LogP contribution >= 0.6 is 7.82 Å². The van der Waals surface area contributed by atoms with E-state index in [4.69, 9.17) is 18.5 Å². The first-order valence-electron chi connectivity index (χ1n) is 24.7. The number of esters is 1. The van der Waals surface area contributed by atoms with Crippen molar-refractivity contribution in [2.45, 2.75) is 200 Å². The molecule has 0 aromatic heterocycles. The molecule has 2 unspecified atom stereocenters. The van der Waals surface area contributed by atoms with Gasteiger partial charge in [0, 0.05) is 13.0 Å². The van der Waals surface area contributed by atoms with Crippen LogP contribution in [0.15, 0.2) is 72.9 Å². The minimum atomic E-state index is -4.55. The predicted octanol–water partition coefficient (Wildman–Crippen LogP) is 14.4. The monoisotopic (exact) mass is 876 g/mol. The van der Waals surface area contributed by atoms with Gasteiger partial charge in [-0.1, -0.05) is 183 Å². The van der Waals surface area contributed by atoms with Gasteiger partial charge < -0.3 is 27.9 Å². The number of allylic oxidation sites excluding steroid dienone is 12. The predicted molar refractivity (Wildman–Crippen MR) is 259 cm³/mol. The van der Waals surface area contributed by atoms with Crippen LogP contribution in [0, 0.1) is 0 Å². The molecule has 0 saturated heterocycles. The Labute approximate surface area is 376 Å². The third-order valence-corrected chi connectivity index (χ3v) is 11.2. The van der Waals surface area contributed by atoms with Crippen LogP contribution in [0.25, 0.3) is 0 Å². The van der Waals surface area contributed by atoms with Crippen LogP contribution in [-0.4, -0.2) is 70.7 Å². The highest BCUT2D eigenvalue weighted by Gasteiger charge is 2.20. The summed E-state index contributed by atoms with van der Waals surface area (Å²) < 4.78 is 34.6. The highest BCUT2D eigenvalue weighted by Crippen LogP contribution is 2.38. The Morgan fingerprint density at radius 3 is 1.43 bits per heavy atom. The summed E-state index contributed by atoms with van der Waals surface area (Å²) >= 11 is 0. The fourth-order valence-corrected chi connectivity index (χ4v) is 7.19. The minimum Gasteiger partial charge on any atom is -0.756 e. The van der Waals surface area contributed by atoms with Gasteiger partial charge in [-0.15, -0.1) is 0 Å². The zero-order valence-corrected chi connectivity index (χ0v) is 41.0. The molecule has 0 rings (SSSR count). The van der Waals surface area contributed by atoms with E-state index >= 15 is 0 Å². The number of rotatable bonds is 45. The average Bonchev–Trinajstić information content (AvgIpc) is 3.22. The molecule has 0 radical (unpaired) electrons. The standard InChI is InChI=1S/C52H94NO7P/c1-6-8-10-12-14-16-18-20-22-23-24-25-26-27-28-29-30-31-32-33-35-37-39-41-43-45-52(54)60-51(50-59-61(55,56)58-48-46-53(3,4)5)49-57-47-44-42-40-38-36-34-21-19-17-15-13-11-9-7-2/h9,11,15,17-18,20-21,23-24,34,38,40,51H,6-8,10,12-14,16,19,22,25-33,35-37,39,41-50H2,1-5H3/b11-9-,17-15-,20-18-,24-23-,34-21-,40-38-. The van der Waals surface area contributed by atoms with Gasteiger partial charge in [0.05, 0.1) is 34.4 Å². The van der Waals surface area contributed by atoms with E-state index in [-0.39, 0.29) is 25.8 Å². The average molecular weight is 876 g/mol. The Balaban J connectivity index is 4.16. The molecule has 0 saturated carbocycles. The van der Waals surface area contributed by atoms with Crippen molar-refractivity contribution in [2.24, 2.45) is 0 Å². The van der Waals surface area contributed by atoms with Gasteiger partial charge in [-0.25, -0.2) is 0 Å². The lowest BCUT2D eigenvalue weighted by Crippen LogP contribution is -2.37. The molecule has 2 atom stereocenters. The lowest BCUT2D eigenvalue weighted by Gasteiger charge is -2.28. The quantitative estimate of drug-likeness (QED) is 0.0198. The zero-order chi connectivity index (χ0) is 44.8. The molecule has 0 N–H and O–H groups in total. The number of unbranched alkanes of at least 4 members (excludes halogenated alkanes) is 19. The van der Waals surface area contributed by atoms with Gasteiger partial charge in [-0.3, -0.25) is 9.36 Å². The molecule has 0 aliphatic heterocycles. The van der Waals surface area contributed by atoms with Gasteiger partial charge in [0.2, 0.25) is 0 Å². The number of quaternary nitrogens is 1. The van der Waals surface area contributed by atoms with Crippen molar-refractivity contribution in [1.82, 2.24) is 0 Å². The molecule has 0 heterocycles. The molecule has 8 nitrogen and oxygen atoms in total. The van der Waals surface area contributed by atoms with Gasteiger partial charge >= 0.3 is 5.97 Å². The lowest BCUT2D eigenvalue weighted by molar-refractivity contribution is -0.870. The van der Waals surface area contributed by atoms with Crippen molar-refractivity contribution in [2.75, 3.05) is 54.1 Å². The number of hydrogen-bond donors (Lipinski definition) is 0. The maximum Gasteiger partial charge on any atom is 0.306 e. The van der Waals surface area contributed by atoms with Crippen molar-refractivity contribution in [1.29, 1.82) is 0 Å². The number of nitrogens with zero attached hydrogens (tertiary/aromatic N) is 1. The molecule has 0 aliphatic rings. The molecule has 0 aromatic rings. The second-order valence-electron chi connectivity index (χ2n) is 17.4. The SMILES string of the molecule is CC/C=C\C/C=C\C/C=C\C/C=C\CCCOCC(COP(=O)([O-])OCC[N+](C)(C)C)OC(=O)CCCCCCCCCCCCCCC/C=C\C/C=C\CCCCCCC. The highest BCUT2D eigenvalue weighted by molar-refractivity contribution is 7.45. The van der Waals surface area contributed by atoms with Crippen LogP contribution < -0.4 is 4.89 Å². The Kier molecular flexibility index (Phi) is 43.0. The summed E-state index contributed by atoms with van der Waals surface area (Å²) in [7, 11) is 1.31. The number of hydrogen-bond acceptors (Lipinski definition) is 7. The summed E-state index contributed by atoms with van der Waals surface area (Å²) in [5.74, 6) is -0.355. The van der Waals surface area contributed by atoms with Crippen LogP contribution in [0.1, 0.15) is 194 Å². The van der Waals surface area contributed by atoms with Crippen molar-refractivity contribution in [3.63, 3.8) is 0 Å². The summed E-state index contributed by atoms with van der Waals surface area (Å²) in [5, 5.41) is 0. The summed E-state index contributed by atoms with van der Waals surface area (Å²) in [6.45, 7) is 5.13. The largest absolute Gasteiger partial charge is 0.756 e. The van der Waals surface area contributed by atoms with E-state index in [1.165, 1.54) is 109 Å². The van der Waals surface area contributed by atoms with Crippen molar-refractivity contribution >= 4 is 13.8 Å². The topological polar surface area (TPSA) is 94.1 Å². The summed E-state index contributed by atoms with van der Waals surface area (Å²) in [6.07, 6.45) is 58.0. The highest BCUT2D eigenvalue weighted by atomic mass is 31.2. The Morgan fingerprint density at radius 1 is 0.525 bits per heavy atom. The van der Waals surface area contributed by atoms with Crippen LogP contribution in [0.5, 0.6) is 0 Å². The second-order valence-corrected chi connectivity index (χ2v) is 18.8. The van der Waals surface area contributed by atoms with Gasteiger partial charge in [-0.2, -0.15) is 0 Å². The van der Waals surface area contributed by atoms with E-state index in [0.29, 0.717) is 24.1 Å². The number of phosphoric acid groups is 1. The fraction of sp³-hybridized carbons (Fsp3) is 0.750. The number of carbonyl (C=O) groups is 1. The van der Waals surface area contributed by atoms with Crippen LogP contribution in [-0.2, 0) is 27.9 Å². The van der Waals surface area contributed by atoms with Crippen LogP contribution in [0.3, 0.4) is 0 Å². The van der Waals surface area contributed by atoms with Crippen LogP contribution in [0.4, 0.5) is 0 Å². The minimum absolute atomic E-state index is 0.0130. The molecule has 0 fully saturated rings. The van der Waals surface area contributed by atoms with E-state index in [2.05, 4.69) is 86.8 Å². The third kappa shape index (κ3) is 48.8. The Bertz CT molecular complexity index is 1200. The maximum absolute atomic E-state index is 12.7. The zero-order valence-electron chi connectivity index (χ0n) is 40.1. The molecular weight excluding hydrogens is 782 g/mol. The number of phosphoric ester groups is 1. The van der Waals surface area contributed by atoms with Crippen LogP contribution in [0.2, 0.25) is 0 Å². The Morgan fingerprint density at radius 2 is 0.951 bits per heavy atom. The Hall–Kier alpha value is -2.06. The third-order valence-electron chi connectivity index (χ3n) is 10.2. The van der Waals surface area contributed by atoms with E-state index < -0.39 is 13.9 Å². The van der Waals surface area contributed by atoms with Crippen molar-refractivity contribution in [3.8, 4) is 0 Å². The number of likely N-dealkylation sites (N-methyl/N-ethyl adjacent to an activating group) is 1. The first-order chi connectivity index (χ1) is 29.6. The van der Waals surface area contributed by atoms with E-state index in [1.54, 1.807) is 0 Å². The van der Waals surface area contributed by atoms with E-state index in [9.17, 15) is 14.3 Å². The molecule has 0 bridgehead atoms. The van der Waals surface area contributed by atoms with E-state index in [0.717, 1.165) is 64.2 Å². The lowest BCUT2D eigenvalue weighted by atomic mass is 10.0. The van der Waals surface area contributed by atoms with Gasteiger partial charge in [0.1, 0.15) is 19.3 Å². The first-order valence-corrected chi connectivity index (χ1v) is 26.1. The first kappa shape index (κ1) is 58.9. The normalized spacial score (nSPS) is 14.3.